The van der Waals surface area contributed by atoms with E-state index in [1.807, 2.05) is 0 Å². The molecule has 0 bridgehead atoms. The molecule has 1 aliphatic carbocycles. The highest BCUT2D eigenvalue weighted by atomic mass is 19.4. The van der Waals surface area contributed by atoms with E-state index in [1.165, 1.54) is 25.3 Å². The average Bonchev–Trinajstić information content (AvgIpc) is 2.81. The zero-order valence-electron chi connectivity index (χ0n) is 20.0. The molecule has 1 fully saturated rings. The van der Waals surface area contributed by atoms with Crippen LogP contribution >= 0.6 is 0 Å². The molecule has 1 aliphatic rings. The first-order valence-electron chi connectivity index (χ1n) is 11.5. The van der Waals surface area contributed by atoms with Gasteiger partial charge in [-0.1, -0.05) is 6.92 Å². The number of methoxy groups -OCH3 is 1. The number of ketones is 1. The van der Waals surface area contributed by atoms with Crippen LogP contribution in [-0.2, 0) is 11.2 Å². The third kappa shape index (κ3) is 6.89. The SMILES string of the molecule is COc1ccc(C(=O)CC2(C(=O)O)CCC(C)CC2)cc1OCCc1cc(OC(F)(F)F)ccc1F. The second-order valence-corrected chi connectivity index (χ2v) is 9.13. The number of aliphatic carboxylic acids is 1. The fourth-order valence-corrected chi connectivity index (χ4v) is 4.36. The summed E-state index contributed by atoms with van der Waals surface area (Å²) in [6.45, 7) is 1.93. The van der Waals surface area contributed by atoms with Crippen molar-refractivity contribution in [1.29, 1.82) is 0 Å². The van der Waals surface area contributed by atoms with E-state index in [4.69, 9.17) is 9.47 Å². The Morgan fingerprint density at radius 2 is 1.78 bits per heavy atom. The Morgan fingerprint density at radius 3 is 2.39 bits per heavy atom. The van der Waals surface area contributed by atoms with Gasteiger partial charge < -0.3 is 19.3 Å². The van der Waals surface area contributed by atoms with Crippen molar-refractivity contribution >= 4 is 11.8 Å². The molecular formula is C26H28F4O6. The molecule has 1 N–H and O–H groups in total. The van der Waals surface area contributed by atoms with Crippen LogP contribution in [0.25, 0.3) is 0 Å². The van der Waals surface area contributed by atoms with Gasteiger partial charge in [0.25, 0.3) is 0 Å². The normalized spacial score (nSPS) is 20.0. The quantitative estimate of drug-likeness (QED) is 0.301. The Bertz CT molecular complexity index is 1090. The zero-order chi connectivity index (χ0) is 26.5. The van der Waals surface area contributed by atoms with Crippen molar-refractivity contribution in [2.24, 2.45) is 11.3 Å². The predicted octanol–water partition coefficient (Wildman–Crippen LogP) is 6.21. The van der Waals surface area contributed by atoms with Crippen molar-refractivity contribution in [2.75, 3.05) is 13.7 Å². The number of Topliss-reactive ketones (excluding diaryl/α,β-unsaturated/α-hetero) is 1. The fourth-order valence-electron chi connectivity index (χ4n) is 4.36. The maximum Gasteiger partial charge on any atom is 0.573 e. The number of halogens is 4. The van der Waals surface area contributed by atoms with E-state index in [2.05, 4.69) is 11.7 Å². The molecule has 2 aromatic carbocycles. The molecule has 1 saturated carbocycles. The molecule has 0 heterocycles. The number of rotatable bonds is 10. The summed E-state index contributed by atoms with van der Waals surface area (Å²) in [4.78, 5) is 25.1. The number of carboxylic acids is 1. The topological polar surface area (TPSA) is 82.1 Å². The highest BCUT2D eigenvalue weighted by molar-refractivity contribution is 5.99. The van der Waals surface area contributed by atoms with Crippen LogP contribution in [0, 0.1) is 17.2 Å². The van der Waals surface area contributed by atoms with Crippen LogP contribution in [0.3, 0.4) is 0 Å². The summed E-state index contributed by atoms with van der Waals surface area (Å²) in [7, 11) is 1.39. The van der Waals surface area contributed by atoms with Crippen LogP contribution in [-0.4, -0.2) is 36.9 Å². The molecule has 0 saturated heterocycles. The van der Waals surface area contributed by atoms with E-state index >= 15 is 0 Å². The maximum atomic E-state index is 14.1. The molecular weight excluding hydrogens is 484 g/mol. The first-order valence-corrected chi connectivity index (χ1v) is 11.5. The van der Waals surface area contributed by atoms with Crippen LogP contribution in [0.4, 0.5) is 17.6 Å². The zero-order valence-corrected chi connectivity index (χ0v) is 20.0. The van der Waals surface area contributed by atoms with E-state index in [9.17, 15) is 32.3 Å². The lowest BCUT2D eigenvalue weighted by atomic mass is 9.68. The number of carbonyl (C=O) groups is 2. The Morgan fingerprint density at radius 1 is 1.08 bits per heavy atom. The fraction of sp³-hybridized carbons (Fsp3) is 0.462. The minimum absolute atomic E-state index is 0.0436. The molecule has 0 spiro atoms. The number of ether oxygens (including phenoxy) is 3. The molecule has 0 amide bonds. The maximum absolute atomic E-state index is 14.1. The highest BCUT2D eigenvalue weighted by Crippen LogP contribution is 2.43. The van der Waals surface area contributed by atoms with E-state index in [1.54, 1.807) is 0 Å². The van der Waals surface area contributed by atoms with Gasteiger partial charge in [0.15, 0.2) is 17.3 Å². The molecule has 0 radical (unpaired) electrons. The molecule has 10 heteroatoms. The number of hydrogen-bond acceptors (Lipinski definition) is 5. The second kappa shape index (κ2) is 11.2. The van der Waals surface area contributed by atoms with Crippen molar-refractivity contribution in [3.8, 4) is 17.2 Å². The summed E-state index contributed by atoms with van der Waals surface area (Å²) in [5, 5.41) is 9.84. The van der Waals surface area contributed by atoms with Crippen molar-refractivity contribution < 1.29 is 46.5 Å². The number of carbonyl (C=O) groups excluding carboxylic acids is 1. The molecule has 36 heavy (non-hydrogen) atoms. The lowest BCUT2D eigenvalue weighted by Crippen LogP contribution is -2.37. The summed E-state index contributed by atoms with van der Waals surface area (Å²) in [5.41, 5.74) is -0.902. The molecule has 6 nitrogen and oxygen atoms in total. The Hall–Kier alpha value is -3.30. The van der Waals surface area contributed by atoms with Gasteiger partial charge in [-0.15, -0.1) is 13.2 Å². The monoisotopic (exact) mass is 512 g/mol. The second-order valence-electron chi connectivity index (χ2n) is 9.13. The standard InChI is InChI=1S/C26H28F4O6/c1-16-7-10-25(11-8-16,24(32)33)15-21(31)18-3-6-22(34-2)23(14-18)35-12-9-17-13-19(4-5-20(17)27)36-26(28,29)30/h3-6,13-14,16H,7-12,15H2,1-2H3,(H,32,33). The molecule has 2 aromatic rings. The number of hydrogen-bond donors (Lipinski definition) is 1. The van der Waals surface area contributed by atoms with Gasteiger partial charge in [-0.2, -0.15) is 0 Å². The molecule has 0 atom stereocenters. The Labute approximate surface area is 206 Å². The Kier molecular flexibility index (Phi) is 8.47. The lowest BCUT2D eigenvalue weighted by Gasteiger charge is -2.35. The van der Waals surface area contributed by atoms with E-state index in [0.29, 0.717) is 24.5 Å². The smallest absolute Gasteiger partial charge is 0.493 e. The van der Waals surface area contributed by atoms with Crippen LogP contribution in [0.15, 0.2) is 36.4 Å². The van der Waals surface area contributed by atoms with E-state index < -0.39 is 29.3 Å². The predicted molar refractivity (Wildman–Crippen MR) is 122 cm³/mol. The van der Waals surface area contributed by atoms with Gasteiger partial charge in [-0.05, 0) is 73.6 Å². The van der Waals surface area contributed by atoms with Gasteiger partial charge >= 0.3 is 12.3 Å². The molecule has 3 rings (SSSR count). The third-order valence-corrected chi connectivity index (χ3v) is 6.55. The van der Waals surface area contributed by atoms with Crippen molar-refractivity contribution in [2.45, 2.75) is 51.8 Å². The first-order chi connectivity index (χ1) is 16.9. The first kappa shape index (κ1) is 27.3. The molecule has 196 valence electrons. The molecule has 0 unspecified atom stereocenters. The average molecular weight is 512 g/mol. The largest absolute Gasteiger partial charge is 0.573 e. The minimum Gasteiger partial charge on any atom is -0.493 e. The highest BCUT2D eigenvalue weighted by Gasteiger charge is 2.43. The Balaban J connectivity index is 1.71. The van der Waals surface area contributed by atoms with Crippen molar-refractivity contribution in [1.82, 2.24) is 0 Å². The number of carboxylic acid groups (broad SMARTS) is 1. The van der Waals surface area contributed by atoms with Gasteiger partial charge in [0.1, 0.15) is 11.6 Å². The van der Waals surface area contributed by atoms with Crippen LogP contribution in [0.1, 0.15) is 54.9 Å². The van der Waals surface area contributed by atoms with Gasteiger partial charge in [0, 0.05) is 18.4 Å². The number of alkyl halides is 3. The van der Waals surface area contributed by atoms with Gasteiger partial charge in [0.05, 0.1) is 19.1 Å². The van der Waals surface area contributed by atoms with Crippen LogP contribution in [0.2, 0.25) is 0 Å². The summed E-state index contributed by atoms with van der Waals surface area (Å²) in [6.07, 6.45) is -2.79. The molecule has 0 aliphatic heterocycles. The summed E-state index contributed by atoms with van der Waals surface area (Å²) < 4.78 is 66.2. The lowest BCUT2D eigenvalue weighted by molar-refractivity contribution is -0.274. The third-order valence-electron chi connectivity index (χ3n) is 6.55. The van der Waals surface area contributed by atoms with Crippen molar-refractivity contribution in [3.63, 3.8) is 0 Å². The minimum atomic E-state index is -4.90. The van der Waals surface area contributed by atoms with Gasteiger partial charge in [-0.25, -0.2) is 4.39 Å². The summed E-state index contributed by atoms with van der Waals surface area (Å²) in [5.74, 6) is -1.71. The number of benzene rings is 2. The summed E-state index contributed by atoms with van der Waals surface area (Å²) in [6, 6.07) is 7.16. The summed E-state index contributed by atoms with van der Waals surface area (Å²) >= 11 is 0. The van der Waals surface area contributed by atoms with Gasteiger partial charge in [0.2, 0.25) is 0 Å². The van der Waals surface area contributed by atoms with Gasteiger partial charge in [-0.3, -0.25) is 9.59 Å². The van der Waals surface area contributed by atoms with Crippen LogP contribution < -0.4 is 14.2 Å². The van der Waals surface area contributed by atoms with Crippen molar-refractivity contribution in [3.05, 3.63) is 53.3 Å². The van der Waals surface area contributed by atoms with Crippen LogP contribution in [0.5, 0.6) is 17.2 Å². The van der Waals surface area contributed by atoms with E-state index in [-0.39, 0.29) is 42.1 Å². The molecule has 0 aromatic heterocycles. The van der Waals surface area contributed by atoms with E-state index in [0.717, 1.165) is 31.0 Å².